The maximum atomic E-state index is 12.1. The molecule has 1 N–H and O–H groups in total. The van der Waals surface area contributed by atoms with Crippen LogP contribution in [0.5, 0.6) is 5.75 Å². The maximum Gasteiger partial charge on any atom is 0.387 e. The number of ether oxygens (including phenoxy) is 1. The van der Waals surface area contributed by atoms with Crippen LogP contribution in [-0.2, 0) is 0 Å². The van der Waals surface area contributed by atoms with E-state index >= 15 is 0 Å². The van der Waals surface area contributed by atoms with E-state index in [1.807, 2.05) is 12.4 Å². The SMILES string of the molecule is CNC(c1ccc(OC(F)F)cc1)c1cscc1Br. The van der Waals surface area contributed by atoms with E-state index in [9.17, 15) is 8.78 Å². The Kier molecular flexibility index (Phi) is 4.90. The molecule has 1 aromatic heterocycles. The van der Waals surface area contributed by atoms with Gasteiger partial charge >= 0.3 is 6.61 Å². The highest BCUT2D eigenvalue weighted by Crippen LogP contribution is 2.32. The topological polar surface area (TPSA) is 21.3 Å². The molecule has 2 aromatic rings. The Labute approximate surface area is 122 Å². The predicted octanol–water partition coefficient (Wildman–Crippen LogP) is 4.42. The first-order chi connectivity index (χ1) is 9.11. The van der Waals surface area contributed by atoms with Crippen LogP contribution in [0.3, 0.4) is 0 Å². The number of benzene rings is 1. The largest absolute Gasteiger partial charge is 0.435 e. The number of halogens is 3. The van der Waals surface area contributed by atoms with Crippen LogP contribution in [0.15, 0.2) is 39.5 Å². The average molecular weight is 348 g/mol. The van der Waals surface area contributed by atoms with Crippen LogP contribution in [0.2, 0.25) is 0 Å². The van der Waals surface area contributed by atoms with Crippen LogP contribution in [0.25, 0.3) is 0 Å². The molecule has 0 bridgehead atoms. The number of hydrogen-bond acceptors (Lipinski definition) is 3. The smallest absolute Gasteiger partial charge is 0.387 e. The van der Waals surface area contributed by atoms with E-state index in [0.29, 0.717) is 0 Å². The third-order valence-corrected chi connectivity index (χ3v) is 4.43. The van der Waals surface area contributed by atoms with E-state index in [4.69, 9.17) is 0 Å². The molecule has 0 fully saturated rings. The molecule has 0 spiro atoms. The van der Waals surface area contributed by atoms with Gasteiger partial charge in [-0.25, -0.2) is 0 Å². The minimum atomic E-state index is -2.79. The van der Waals surface area contributed by atoms with Gasteiger partial charge in [-0.05, 0) is 51.6 Å². The lowest BCUT2D eigenvalue weighted by molar-refractivity contribution is -0.0498. The molecule has 1 atom stereocenters. The Morgan fingerprint density at radius 3 is 2.37 bits per heavy atom. The fourth-order valence-corrected chi connectivity index (χ4v) is 3.39. The molecule has 6 heteroatoms. The van der Waals surface area contributed by atoms with Crippen molar-refractivity contribution in [1.29, 1.82) is 0 Å². The van der Waals surface area contributed by atoms with Gasteiger partial charge in [0, 0.05) is 9.85 Å². The lowest BCUT2D eigenvalue weighted by Crippen LogP contribution is -2.17. The van der Waals surface area contributed by atoms with E-state index < -0.39 is 6.61 Å². The van der Waals surface area contributed by atoms with E-state index in [-0.39, 0.29) is 11.8 Å². The van der Waals surface area contributed by atoms with Gasteiger partial charge in [0.1, 0.15) is 5.75 Å². The van der Waals surface area contributed by atoms with Gasteiger partial charge in [0.2, 0.25) is 0 Å². The Balaban J connectivity index is 2.22. The quantitative estimate of drug-likeness (QED) is 0.864. The second-order valence-electron chi connectivity index (χ2n) is 3.84. The number of rotatable bonds is 5. The summed E-state index contributed by atoms with van der Waals surface area (Å²) in [7, 11) is 1.86. The fourth-order valence-electron chi connectivity index (χ4n) is 1.84. The number of thiophene rings is 1. The zero-order chi connectivity index (χ0) is 13.8. The molecule has 1 aromatic carbocycles. The molecular weight excluding hydrogens is 336 g/mol. The lowest BCUT2D eigenvalue weighted by Gasteiger charge is -2.17. The molecule has 2 nitrogen and oxygen atoms in total. The Morgan fingerprint density at radius 1 is 1.21 bits per heavy atom. The van der Waals surface area contributed by atoms with Crippen molar-refractivity contribution in [3.8, 4) is 5.75 Å². The Bertz CT molecular complexity index is 530. The van der Waals surface area contributed by atoms with Gasteiger partial charge in [-0.1, -0.05) is 12.1 Å². The summed E-state index contributed by atoms with van der Waals surface area (Å²) in [5.74, 6) is 0.165. The molecule has 2 rings (SSSR count). The number of nitrogens with one attached hydrogen (secondary N) is 1. The Morgan fingerprint density at radius 2 is 1.89 bits per heavy atom. The van der Waals surface area contributed by atoms with Crippen LogP contribution in [0.1, 0.15) is 17.2 Å². The monoisotopic (exact) mass is 347 g/mol. The molecule has 19 heavy (non-hydrogen) atoms. The average Bonchev–Trinajstić information content (AvgIpc) is 2.78. The first kappa shape index (κ1) is 14.4. The molecule has 0 radical (unpaired) electrons. The van der Waals surface area contributed by atoms with Crippen LogP contribution < -0.4 is 10.1 Å². The van der Waals surface area contributed by atoms with E-state index in [2.05, 4.69) is 31.4 Å². The molecule has 0 saturated carbocycles. The predicted molar refractivity (Wildman–Crippen MR) is 76.0 cm³/mol. The van der Waals surface area contributed by atoms with E-state index in [0.717, 1.165) is 15.6 Å². The molecule has 0 amide bonds. The molecular formula is C13H12BrF2NOS. The van der Waals surface area contributed by atoms with Crippen LogP contribution in [0.4, 0.5) is 8.78 Å². The van der Waals surface area contributed by atoms with Crippen molar-refractivity contribution in [2.45, 2.75) is 12.7 Å². The van der Waals surface area contributed by atoms with Crippen molar-refractivity contribution in [3.63, 3.8) is 0 Å². The highest BCUT2D eigenvalue weighted by Gasteiger charge is 2.16. The van der Waals surface area contributed by atoms with Crippen LogP contribution in [0, 0.1) is 0 Å². The molecule has 102 valence electrons. The highest BCUT2D eigenvalue weighted by atomic mass is 79.9. The highest BCUT2D eigenvalue weighted by molar-refractivity contribution is 9.10. The normalized spacial score (nSPS) is 12.7. The number of alkyl halides is 2. The van der Waals surface area contributed by atoms with Gasteiger partial charge < -0.3 is 10.1 Å². The summed E-state index contributed by atoms with van der Waals surface area (Å²) in [6, 6.07) is 6.67. The van der Waals surface area contributed by atoms with Gasteiger partial charge in [-0.2, -0.15) is 20.1 Å². The van der Waals surface area contributed by atoms with Crippen molar-refractivity contribution in [2.24, 2.45) is 0 Å². The summed E-state index contributed by atoms with van der Waals surface area (Å²) in [5, 5.41) is 7.27. The maximum absolute atomic E-state index is 12.1. The molecule has 0 aliphatic carbocycles. The van der Waals surface area contributed by atoms with Gasteiger partial charge in [0.05, 0.1) is 6.04 Å². The summed E-state index contributed by atoms with van der Waals surface area (Å²) < 4.78 is 29.5. The van der Waals surface area contributed by atoms with Gasteiger partial charge in [-0.3, -0.25) is 0 Å². The zero-order valence-electron chi connectivity index (χ0n) is 10.1. The molecule has 0 aliphatic rings. The standard InChI is InChI=1S/C13H12BrF2NOS/c1-17-12(10-6-19-7-11(10)14)8-2-4-9(5-3-8)18-13(15)16/h2-7,12-13,17H,1H3. The summed E-state index contributed by atoms with van der Waals surface area (Å²) >= 11 is 5.10. The van der Waals surface area contributed by atoms with Gasteiger partial charge in [0.25, 0.3) is 0 Å². The fraction of sp³-hybridized carbons (Fsp3) is 0.231. The van der Waals surface area contributed by atoms with Gasteiger partial charge in [0.15, 0.2) is 0 Å². The van der Waals surface area contributed by atoms with Gasteiger partial charge in [-0.15, -0.1) is 0 Å². The van der Waals surface area contributed by atoms with E-state index in [1.165, 1.54) is 0 Å². The summed E-state index contributed by atoms with van der Waals surface area (Å²) in [5.41, 5.74) is 2.11. The second-order valence-corrected chi connectivity index (χ2v) is 5.44. The van der Waals surface area contributed by atoms with Crippen LogP contribution >= 0.6 is 27.3 Å². The number of hydrogen-bond donors (Lipinski definition) is 1. The van der Waals surface area contributed by atoms with Crippen molar-refractivity contribution in [3.05, 3.63) is 50.6 Å². The van der Waals surface area contributed by atoms with Crippen molar-refractivity contribution >= 4 is 27.3 Å². The molecule has 1 heterocycles. The molecule has 0 saturated heterocycles. The summed E-state index contributed by atoms with van der Waals surface area (Å²) in [6.07, 6.45) is 0. The third-order valence-electron chi connectivity index (χ3n) is 2.68. The minimum Gasteiger partial charge on any atom is -0.435 e. The molecule has 1 unspecified atom stereocenters. The Hall–Kier alpha value is -0.980. The first-order valence-electron chi connectivity index (χ1n) is 5.55. The first-order valence-corrected chi connectivity index (χ1v) is 7.29. The second kappa shape index (κ2) is 6.45. The summed E-state index contributed by atoms with van der Waals surface area (Å²) in [6.45, 7) is -2.79. The zero-order valence-corrected chi connectivity index (χ0v) is 12.5. The summed E-state index contributed by atoms with van der Waals surface area (Å²) in [4.78, 5) is 0. The van der Waals surface area contributed by atoms with Crippen LogP contribution in [-0.4, -0.2) is 13.7 Å². The molecule has 0 aliphatic heterocycles. The van der Waals surface area contributed by atoms with Crippen molar-refractivity contribution in [1.82, 2.24) is 5.32 Å². The third kappa shape index (κ3) is 3.52. The van der Waals surface area contributed by atoms with E-state index in [1.54, 1.807) is 35.6 Å². The van der Waals surface area contributed by atoms with Crippen molar-refractivity contribution in [2.75, 3.05) is 7.05 Å². The van der Waals surface area contributed by atoms with Crippen molar-refractivity contribution < 1.29 is 13.5 Å². The minimum absolute atomic E-state index is 0.0150. The lowest BCUT2D eigenvalue weighted by atomic mass is 10.0.